The molecule has 0 aliphatic carbocycles. The Bertz CT molecular complexity index is 306. The normalized spacial score (nSPS) is 19.1. The molecule has 0 spiro atoms. The lowest BCUT2D eigenvalue weighted by Gasteiger charge is -2.24. The number of aliphatic hydroxyl groups excluding tert-OH is 1. The number of benzene rings is 1. The Morgan fingerprint density at radius 1 is 1.18 bits per heavy atom. The van der Waals surface area contributed by atoms with Crippen molar-refractivity contribution in [2.75, 3.05) is 13.1 Å². The molecule has 1 unspecified atom stereocenters. The van der Waals surface area contributed by atoms with E-state index in [1.165, 1.54) is 18.4 Å². The van der Waals surface area contributed by atoms with Gasteiger partial charge in [-0.05, 0) is 56.7 Å². The van der Waals surface area contributed by atoms with E-state index in [0.717, 1.165) is 38.3 Å². The fourth-order valence-electron chi connectivity index (χ4n) is 2.60. The fraction of sp³-hybridized carbons (Fsp3) is 0.600. The molecule has 0 aromatic heterocycles. The van der Waals surface area contributed by atoms with Crippen LogP contribution in [0.3, 0.4) is 0 Å². The summed E-state index contributed by atoms with van der Waals surface area (Å²) in [5.74, 6) is 0.724. The molecule has 1 aliphatic rings. The van der Waals surface area contributed by atoms with Gasteiger partial charge >= 0.3 is 0 Å². The van der Waals surface area contributed by atoms with E-state index in [4.69, 9.17) is 0 Å². The minimum Gasteiger partial charge on any atom is -0.393 e. The summed E-state index contributed by atoms with van der Waals surface area (Å²) in [5, 5.41) is 13.4. The van der Waals surface area contributed by atoms with Gasteiger partial charge in [-0.3, -0.25) is 0 Å². The maximum absolute atomic E-state index is 10.0. The Kier molecular flexibility index (Phi) is 5.02. The highest BCUT2D eigenvalue weighted by Gasteiger charge is 2.16. The standard InChI is InChI=1S/C15H23NO/c17-15(12-14-8-10-16-11-9-14)7-6-13-4-2-1-3-5-13/h1-5,14-17H,6-12H2. The summed E-state index contributed by atoms with van der Waals surface area (Å²) in [4.78, 5) is 0. The smallest absolute Gasteiger partial charge is 0.0546 e. The SMILES string of the molecule is OC(CCc1ccccc1)CC1CCNCC1. The third-order valence-corrected chi connectivity index (χ3v) is 3.67. The third-order valence-electron chi connectivity index (χ3n) is 3.67. The van der Waals surface area contributed by atoms with Gasteiger partial charge in [-0.1, -0.05) is 30.3 Å². The predicted octanol–water partition coefficient (Wildman–Crippen LogP) is 2.37. The molecule has 1 saturated heterocycles. The average molecular weight is 233 g/mol. The number of aryl methyl sites for hydroxylation is 1. The molecule has 0 amide bonds. The van der Waals surface area contributed by atoms with Crippen LogP contribution in [0.15, 0.2) is 30.3 Å². The number of rotatable bonds is 5. The third kappa shape index (κ3) is 4.49. The van der Waals surface area contributed by atoms with Crippen LogP contribution in [0, 0.1) is 5.92 Å². The van der Waals surface area contributed by atoms with Crippen molar-refractivity contribution in [1.29, 1.82) is 0 Å². The molecular formula is C15H23NO. The van der Waals surface area contributed by atoms with Crippen LogP contribution in [0.5, 0.6) is 0 Å². The van der Waals surface area contributed by atoms with Gasteiger partial charge in [0.05, 0.1) is 6.10 Å². The van der Waals surface area contributed by atoms with Gasteiger partial charge in [-0.2, -0.15) is 0 Å². The maximum Gasteiger partial charge on any atom is 0.0546 e. The van der Waals surface area contributed by atoms with Crippen molar-refractivity contribution in [3.05, 3.63) is 35.9 Å². The maximum atomic E-state index is 10.0. The summed E-state index contributed by atoms with van der Waals surface area (Å²) in [5.41, 5.74) is 1.33. The van der Waals surface area contributed by atoms with Crippen LogP contribution in [0.25, 0.3) is 0 Å². The van der Waals surface area contributed by atoms with Gasteiger partial charge in [0.15, 0.2) is 0 Å². The van der Waals surface area contributed by atoms with Crippen molar-refractivity contribution in [2.24, 2.45) is 5.92 Å². The molecule has 94 valence electrons. The van der Waals surface area contributed by atoms with Crippen molar-refractivity contribution in [2.45, 2.75) is 38.2 Å². The van der Waals surface area contributed by atoms with Crippen molar-refractivity contribution in [3.8, 4) is 0 Å². The van der Waals surface area contributed by atoms with Crippen LogP contribution in [-0.2, 0) is 6.42 Å². The molecular weight excluding hydrogens is 210 g/mol. The van der Waals surface area contributed by atoms with Crippen LogP contribution in [-0.4, -0.2) is 24.3 Å². The number of hydrogen-bond acceptors (Lipinski definition) is 2. The molecule has 1 fully saturated rings. The highest BCUT2D eigenvalue weighted by molar-refractivity contribution is 5.14. The van der Waals surface area contributed by atoms with Crippen molar-refractivity contribution < 1.29 is 5.11 Å². The lowest BCUT2D eigenvalue weighted by atomic mass is 9.90. The average Bonchev–Trinajstić information content (AvgIpc) is 2.39. The zero-order valence-corrected chi connectivity index (χ0v) is 10.4. The molecule has 0 saturated carbocycles. The lowest BCUT2D eigenvalue weighted by molar-refractivity contribution is 0.124. The Morgan fingerprint density at radius 3 is 2.59 bits per heavy atom. The second-order valence-electron chi connectivity index (χ2n) is 5.11. The number of nitrogens with one attached hydrogen (secondary N) is 1. The van der Waals surface area contributed by atoms with Crippen LogP contribution in [0.4, 0.5) is 0 Å². The number of aliphatic hydroxyl groups is 1. The van der Waals surface area contributed by atoms with Gasteiger partial charge in [-0.15, -0.1) is 0 Å². The summed E-state index contributed by atoms with van der Waals surface area (Å²) in [6, 6.07) is 10.4. The first-order chi connectivity index (χ1) is 8.34. The Morgan fingerprint density at radius 2 is 1.88 bits per heavy atom. The molecule has 17 heavy (non-hydrogen) atoms. The molecule has 0 radical (unpaired) electrons. The summed E-state index contributed by atoms with van der Waals surface area (Å²) in [6.45, 7) is 2.24. The summed E-state index contributed by atoms with van der Waals surface area (Å²) in [7, 11) is 0. The van der Waals surface area contributed by atoms with Crippen molar-refractivity contribution in [3.63, 3.8) is 0 Å². The highest BCUT2D eigenvalue weighted by Crippen LogP contribution is 2.20. The van der Waals surface area contributed by atoms with E-state index in [9.17, 15) is 5.11 Å². The van der Waals surface area contributed by atoms with Crippen LogP contribution in [0.1, 0.15) is 31.2 Å². The first-order valence-electron chi connectivity index (χ1n) is 6.77. The molecule has 2 nitrogen and oxygen atoms in total. The first-order valence-corrected chi connectivity index (χ1v) is 6.77. The topological polar surface area (TPSA) is 32.3 Å². The Labute approximate surface area is 104 Å². The monoisotopic (exact) mass is 233 g/mol. The molecule has 1 aromatic rings. The van der Waals surface area contributed by atoms with E-state index >= 15 is 0 Å². The highest BCUT2D eigenvalue weighted by atomic mass is 16.3. The van der Waals surface area contributed by atoms with Crippen LogP contribution in [0.2, 0.25) is 0 Å². The Hall–Kier alpha value is -0.860. The first kappa shape index (κ1) is 12.6. The van der Waals surface area contributed by atoms with Gasteiger partial charge in [-0.25, -0.2) is 0 Å². The molecule has 0 bridgehead atoms. The number of hydrogen-bond donors (Lipinski definition) is 2. The summed E-state index contributed by atoms with van der Waals surface area (Å²) in [6.07, 6.45) is 5.19. The van der Waals surface area contributed by atoms with Gasteiger partial charge in [0.25, 0.3) is 0 Å². The fourth-order valence-corrected chi connectivity index (χ4v) is 2.60. The van der Waals surface area contributed by atoms with E-state index in [0.29, 0.717) is 0 Å². The second-order valence-corrected chi connectivity index (χ2v) is 5.11. The van der Waals surface area contributed by atoms with Gasteiger partial charge in [0, 0.05) is 0 Å². The largest absolute Gasteiger partial charge is 0.393 e. The van der Waals surface area contributed by atoms with Gasteiger partial charge in [0.1, 0.15) is 0 Å². The quantitative estimate of drug-likeness (QED) is 0.818. The van der Waals surface area contributed by atoms with Crippen molar-refractivity contribution >= 4 is 0 Å². The lowest BCUT2D eigenvalue weighted by Crippen LogP contribution is -2.29. The molecule has 2 N–H and O–H groups in total. The molecule has 1 atom stereocenters. The van der Waals surface area contributed by atoms with Crippen LogP contribution >= 0.6 is 0 Å². The summed E-state index contributed by atoms with van der Waals surface area (Å²) >= 11 is 0. The van der Waals surface area contributed by atoms with E-state index in [-0.39, 0.29) is 6.10 Å². The molecule has 2 heteroatoms. The second kappa shape index (κ2) is 6.77. The van der Waals surface area contributed by atoms with E-state index in [1.54, 1.807) is 0 Å². The minimum absolute atomic E-state index is 0.127. The van der Waals surface area contributed by atoms with Crippen molar-refractivity contribution in [1.82, 2.24) is 5.32 Å². The zero-order chi connectivity index (χ0) is 11.9. The van der Waals surface area contributed by atoms with Gasteiger partial charge in [0.2, 0.25) is 0 Å². The minimum atomic E-state index is -0.127. The van der Waals surface area contributed by atoms with E-state index < -0.39 is 0 Å². The zero-order valence-electron chi connectivity index (χ0n) is 10.4. The molecule has 1 aliphatic heterocycles. The summed E-state index contributed by atoms with van der Waals surface area (Å²) < 4.78 is 0. The Balaban J connectivity index is 1.68. The molecule has 1 heterocycles. The predicted molar refractivity (Wildman–Crippen MR) is 71.0 cm³/mol. The van der Waals surface area contributed by atoms with Gasteiger partial charge < -0.3 is 10.4 Å². The molecule has 2 rings (SSSR count). The number of piperidine rings is 1. The van der Waals surface area contributed by atoms with Crippen LogP contribution < -0.4 is 5.32 Å². The molecule has 1 aromatic carbocycles. The van der Waals surface area contributed by atoms with E-state index in [2.05, 4.69) is 29.6 Å². The van der Waals surface area contributed by atoms with E-state index in [1.807, 2.05) is 6.07 Å².